The lowest BCUT2D eigenvalue weighted by Crippen LogP contribution is -2.08. The second-order valence-corrected chi connectivity index (χ2v) is 5.31. The zero-order valence-corrected chi connectivity index (χ0v) is 12.5. The highest BCUT2D eigenvalue weighted by Gasteiger charge is 2.32. The van der Waals surface area contributed by atoms with Crippen LogP contribution < -0.4 is 0 Å². The molecule has 0 saturated heterocycles. The summed E-state index contributed by atoms with van der Waals surface area (Å²) in [6, 6.07) is 10.7. The van der Waals surface area contributed by atoms with E-state index in [-0.39, 0.29) is 16.8 Å². The summed E-state index contributed by atoms with van der Waals surface area (Å²) in [5.41, 5.74) is 0.0207. The van der Waals surface area contributed by atoms with E-state index in [1.165, 1.54) is 16.6 Å². The molecular weight excluding hydrogens is 343 g/mol. The molecule has 3 aromatic heterocycles. The topological polar surface area (TPSA) is 56.0 Å². The van der Waals surface area contributed by atoms with Gasteiger partial charge in [0.05, 0.1) is 5.52 Å². The number of alkyl halides is 3. The summed E-state index contributed by atoms with van der Waals surface area (Å²) in [6.45, 7) is 0. The van der Waals surface area contributed by atoms with E-state index in [2.05, 4.69) is 20.1 Å². The normalized spacial score (nSPS) is 12.2. The van der Waals surface area contributed by atoms with Crippen LogP contribution in [0.1, 0.15) is 5.69 Å². The maximum Gasteiger partial charge on any atom is 0.433 e. The smallest absolute Gasteiger partial charge is 0.240 e. The third-order valence-electron chi connectivity index (χ3n) is 3.41. The van der Waals surface area contributed by atoms with Gasteiger partial charge in [0, 0.05) is 5.39 Å². The minimum atomic E-state index is -4.54. The molecule has 1 aromatic carbocycles. The Morgan fingerprint density at radius 3 is 2.50 bits per heavy atom. The molecule has 0 aliphatic carbocycles. The molecule has 0 radical (unpaired) electrons. The third kappa shape index (κ3) is 2.35. The molecule has 3 heterocycles. The van der Waals surface area contributed by atoms with Gasteiger partial charge in [-0.3, -0.25) is 0 Å². The van der Waals surface area contributed by atoms with E-state index in [1.54, 1.807) is 24.3 Å². The summed E-state index contributed by atoms with van der Waals surface area (Å²) in [6.07, 6.45) is -4.54. The van der Waals surface area contributed by atoms with Gasteiger partial charge in [-0.2, -0.15) is 17.7 Å². The fraction of sp³-hybridized carbons (Fsp3) is 0.0667. The standard InChI is InChI=1S/C15H7ClF3N5/c16-14-21-9-5-2-1-4-8(9)13-22-12(23-24(13)14)10-6-3-7-11(20-10)15(17,18)19/h1-7H. The Hall–Kier alpha value is -2.74. The van der Waals surface area contributed by atoms with Gasteiger partial charge in [-0.15, -0.1) is 5.10 Å². The van der Waals surface area contributed by atoms with Crippen molar-refractivity contribution in [3.05, 3.63) is 53.4 Å². The Morgan fingerprint density at radius 1 is 0.917 bits per heavy atom. The second kappa shape index (κ2) is 5.13. The van der Waals surface area contributed by atoms with E-state index in [0.29, 0.717) is 16.6 Å². The van der Waals surface area contributed by atoms with E-state index in [4.69, 9.17) is 11.6 Å². The number of rotatable bonds is 1. The van der Waals surface area contributed by atoms with Gasteiger partial charge in [-0.05, 0) is 35.9 Å². The van der Waals surface area contributed by atoms with Gasteiger partial charge >= 0.3 is 6.18 Å². The molecule has 4 aromatic rings. The molecule has 0 bridgehead atoms. The first-order chi connectivity index (χ1) is 11.4. The molecule has 0 saturated carbocycles. The van der Waals surface area contributed by atoms with Crippen LogP contribution in [0.4, 0.5) is 13.2 Å². The molecule has 0 fully saturated rings. The quantitative estimate of drug-likeness (QED) is 0.487. The minimum absolute atomic E-state index is 0.00803. The highest BCUT2D eigenvalue weighted by Crippen LogP contribution is 2.29. The summed E-state index contributed by atoms with van der Waals surface area (Å²) < 4.78 is 39.7. The fourth-order valence-electron chi connectivity index (χ4n) is 2.35. The summed E-state index contributed by atoms with van der Waals surface area (Å²) >= 11 is 6.09. The molecule has 0 aliphatic rings. The molecule has 0 unspecified atom stereocenters. The van der Waals surface area contributed by atoms with Crippen LogP contribution in [-0.2, 0) is 6.18 Å². The number of pyridine rings is 1. The maximum absolute atomic E-state index is 12.8. The molecule has 0 aliphatic heterocycles. The minimum Gasteiger partial charge on any atom is -0.240 e. The van der Waals surface area contributed by atoms with Crippen LogP contribution in [0.2, 0.25) is 5.28 Å². The zero-order chi connectivity index (χ0) is 16.9. The van der Waals surface area contributed by atoms with Gasteiger partial charge in [0.1, 0.15) is 11.4 Å². The first kappa shape index (κ1) is 14.8. The monoisotopic (exact) mass is 349 g/mol. The van der Waals surface area contributed by atoms with Crippen LogP contribution >= 0.6 is 11.6 Å². The van der Waals surface area contributed by atoms with E-state index in [0.717, 1.165) is 6.07 Å². The molecule has 0 N–H and O–H groups in total. The van der Waals surface area contributed by atoms with E-state index in [1.807, 2.05) is 0 Å². The van der Waals surface area contributed by atoms with Crippen molar-refractivity contribution in [3.63, 3.8) is 0 Å². The van der Waals surface area contributed by atoms with E-state index < -0.39 is 11.9 Å². The lowest BCUT2D eigenvalue weighted by molar-refractivity contribution is -0.141. The van der Waals surface area contributed by atoms with Crippen LogP contribution in [0.3, 0.4) is 0 Å². The van der Waals surface area contributed by atoms with Crippen molar-refractivity contribution in [2.24, 2.45) is 0 Å². The SMILES string of the molecule is FC(F)(F)c1cccc(-c2nc3c4ccccc4nc(Cl)n3n2)n1. The highest BCUT2D eigenvalue weighted by atomic mass is 35.5. The van der Waals surface area contributed by atoms with Crippen molar-refractivity contribution in [1.29, 1.82) is 0 Å². The van der Waals surface area contributed by atoms with Gasteiger partial charge in [0.25, 0.3) is 0 Å². The zero-order valence-electron chi connectivity index (χ0n) is 11.8. The number of para-hydroxylation sites is 1. The van der Waals surface area contributed by atoms with Crippen molar-refractivity contribution < 1.29 is 13.2 Å². The van der Waals surface area contributed by atoms with Crippen molar-refractivity contribution in [2.75, 3.05) is 0 Å². The molecule has 0 amide bonds. The van der Waals surface area contributed by atoms with Crippen molar-refractivity contribution in [1.82, 2.24) is 24.6 Å². The average Bonchev–Trinajstić information content (AvgIpc) is 3.01. The van der Waals surface area contributed by atoms with Crippen LogP contribution in [0.5, 0.6) is 0 Å². The first-order valence-corrected chi connectivity index (χ1v) is 7.17. The summed E-state index contributed by atoms with van der Waals surface area (Å²) in [7, 11) is 0. The predicted octanol–water partition coefficient (Wildman–Crippen LogP) is 4.01. The van der Waals surface area contributed by atoms with Crippen molar-refractivity contribution in [2.45, 2.75) is 6.18 Å². The van der Waals surface area contributed by atoms with Gasteiger partial charge in [0.15, 0.2) is 5.65 Å². The maximum atomic E-state index is 12.8. The van der Waals surface area contributed by atoms with Crippen LogP contribution in [0.15, 0.2) is 42.5 Å². The molecule has 0 atom stereocenters. The molecule has 5 nitrogen and oxygen atoms in total. The van der Waals surface area contributed by atoms with Crippen LogP contribution in [-0.4, -0.2) is 24.6 Å². The molecule has 24 heavy (non-hydrogen) atoms. The molecular formula is C15H7ClF3N5. The predicted molar refractivity (Wildman–Crippen MR) is 81.5 cm³/mol. The molecule has 120 valence electrons. The number of fused-ring (bicyclic) bond motifs is 3. The highest BCUT2D eigenvalue weighted by molar-refractivity contribution is 6.29. The third-order valence-corrected chi connectivity index (χ3v) is 3.65. The van der Waals surface area contributed by atoms with Crippen molar-refractivity contribution in [3.8, 4) is 11.5 Å². The van der Waals surface area contributed by atoms with E-state index >= 15 is 0 Å². The van der Waals surface area contributed by atoms with Gasteiger partial charge in [-0.25, -0.2) is 15.0 Å². The van der Waals surface area contributed by atoms with Crippen LogP contribution in [0, 0.1) is 0 Å². The Morgan fingerprint density at radius 2 is 1.71 bits per heavy atom. The Bertz CT molecular complexity index is 1070. The lowest BCUT2D eigenvalue weighted by Gasteiger charge is -2.05. The summed E-state index contributed by atoms with van der Waals surface area (Å²) in [5, 5.41) is 4.89. The summed E-state index contributed by atoms with van der Waals surface area (Å²) in [4.78, 5) is 12.1. The molecule has 4 rings (SSSR count). The number of halogens is 4. The van der Waals surface area contributed by atoms with Gasteiger partial charge in [0.2, 0.25) is 11.1 Å². The van der Waals surface area contributed by atoms with Gasteiger partial charge < -0.3 is 0 Å². The average molecular weight is 350 g/mol. The Labute approximate surface area is 137 Å². The Balaban J connectivity index is 1.96. The fourth-order valence-corrected chi connectivity index (χ4v) is 2.56. The first-order valence-electron chi connectivity index (χ1n) is 6.79. The number of nitrogens with zero attached hydrogens (tertiary/aromatic N) is 5. The van der Waals surface area contributed by atoms with Crippen molar-refractivity contribution >= 4 is 28.2 Å². The number of aromatic nitrogens is 5. The number of hydrogen-bond acceptors (Lipinski definition) is 4. The van der Waals surface area contributed by atoms with Gasteiger partial charge in [-0.1, -0.05) is 18.2 Å². The summed E-state index contributed by atoms with van der Waals surface area (Å²) in [5.74, 6) is 0.0427. The molecule has 9 heteroatoms. The number of benzene rings is 1. The molecule has 0 spiro atoms. The van der Waals surface area contributed by atoms with Crippen LogP contribution in [0.25, 0.3) is 28.1 Å². The lowest BCUT2D eigenvalue weighted by atomic mass is 10.2. The second-order valence-electron chi connectivity index (χ2n) is 4.97. The van der Waals surface area contributed by atoms with E-state index in [9.17, 15) is 13.2 Å². The Kier molecular flexibility index (Phi) is 3.17. The largest absolute Gasteiger partial charge is 0.433 e. The number of hydrogen-bond donors (Lipinski definition) is 0.